The summed E-state index contributed by atoms with van der Waals surface area (Å²) in [5.41, 5.74) is 1.04. The van der Waals surface area contributed by atoms with Crippen molar-refractivity contribution in [2.75, 3.05) is 0 Å². The van der Waals surface area contributed by atoms with Gasteiger partial charge in [0.25, 0.3) is 5.56 Å². The van der Waals surface area contributed by atoms with Crippen molar-refractivity contribution in [3.05, 3.63) is 64.1 Å². The van der Waals surface area contributed by atoms with Crippen LogP contribution in [0.15, 0.2) is 47.3 Å². The molecule has 17 heavy (non-hydrogen) atoms. The van der Waals surface area contributed by atoms with Crippen molar-refractivity contribution >= 4 is 5.78 Å². The lowest BCUT2D eigenvalue weighted by molar-refractivity contribution is 0.0965. The van der Waals surface area contributed by atoms with Gasteiger partial charge < -0.3 is 0 Å². The minimum Gasteiger partial charge on any atom is -0.292 e. The van der Waals surface area contributed by atoms with Gasteiger partial charge in [-0.25, -0.2) is 4.68 Å². The molecule has 0 aliphatic rings. The minimum absolute atomic E-state index is 0.0233. The Bertz CT molecular complexity index is 588. The molecule has 0 saturated carbocycles. The molecule has 0 spiro atoms. The van der Waals surface area contributed by atoms with Crippen LogP contribution in [0.1, 0.15) is 16.1 Å². The van der Waals surface area contributed by atoms with Crippen molar-refractivity contribution in [3.63, 3.8) is 0 Å². The highest BCUT2D eigenvalue weighted by Gasteiger charge is 2.07. The smallest absolute Gasteiger partial charge is 0.267 e. The van der Waals surface area contributed by atoms with E-state index in [2.05, 4.69) is 5.10 Å². The zero-order valence-corrected chi connectivity index (χ0v) is 9.46. The normalized spacial score (nSPS) is 10.2. The van der Waals surface area contributed by atoms with Crippen molar-refractivity contribution in [3.8, 4) is 0 Å². The van der Waals surface area contributed by atoms with Crippen LogP contribution in [-0.4, -0.2) is 15.6 Å². The number of aryl methyl sites for hydroxylation is 1. The summed E-state index contributed by atoms with van der Waals surface area (Å²) < 4.78 is 1.19. The first-order valence-electron chi connectivity index (χ1n) is 5.30. The summed E-state index contributed by atoms with van der Waals surface area (Å²) >= 11 is 0. The van der Waals surface area contributed by atoms with Crippen molar-refractivity contribution in [1.29, 1.82) is 0 Å². The minimum atomic E-state index is -0.264. The maximum atomic E-state index is 11.9. The third-order valence-corrected chi connectivity index (χ3v) is 2.39. The molecule has 1 heterocycles. The van der Waals surface area contributed by atoms with Crippen LogP contribution in [-0.2, 0) is 6.54 Å². The van der Waals surface area contributed by atoms with Crippen molar-refractivity contribution in [2.45, 2.75) is 13.5 Å². The number of rotatable bonds is 3. The molecule has 0 bridgehead atoms. The lowest BCUT2D eigenvalue weighted by atomic mass is 10.1. The average molecular weight is 228 g/mol. The summed E-state index contributed by atoms with van der Waals surface area (Å²) in [6.07, 6.45) is 0. The van der Waals surface area contributed by atoms with E-state index in [0.29, 0.717) is 11.3 Å². The highest BCUT2D eigenvalue weighted by atomic mass is 16.1. The Morgan fingerprint density at radius 2 is 1.88 bits per heavy atom. The number of ketones is 1. The Morgan fingerprint density at radius 3 is 2.59 bits per heavy atom. The second-order valence-corrected chi connectivity index (χ2v) is 3.76. The van der Waals surface area contributed by atoms with Gasteiger partial charge in [-0.05, 0) is 13.0 Å². The first kappa shape index (κ1) is 11.3. The van der Waals surface area contributed by atoms with Crippen LogP contribution >= 0.6 is 0 Å². The van der Waals surface area contributed by atoms with E-state index in [1.165, 1.54) is 10.7 Å². The molecule has 2 aromatic rings. The van der Waals surface area contributed by atoms with E-state index in [9.17, 15) is 9.59 Å². The Hall–Kier alpha value is -2.23. The van der Waals surface area contributed by atoms with Crippen LogP contribution in [0.2, 0.25) is 0 Å². The molecular formula is C13H12N2O2. The van der Waals surface area contributed by atoms with Crippen molar-refractivity contribution < 1.29 is 4.79 Å². The maximum absolute atomic E-state index is 11.9. The summed E-state index contributed by atoms with van der Waals surface area (Å²) in [6, 6.07) is 11.9. The number of hydrogen-bond acceptors (Lipinski definition) is 3. The molecule has 0 radical (unpaired) electrons. The molecular weight excluding hydrogens is 216 g/mol. The molecule has 0 atom stereocenters. The number of Topliss-reactive ketones (excluding diaryl/α,β-unsaturated/α-hetero) is 1. The molecule has 2 rings (SSSR count). The number of carbonyl (C=O) groups excluding carboxylic acids is 1. The summed E-state index contributed by atoms with van der Waals surface area (Å²) in [5.74, 6) is -0.120. The zero-order chi connectivity index (χ0) is 12.3. The Balaban J connectivity index is 2.25. The number of hydrogen-bond donors (Lipinski definition) is 0. The zero-order valence-electron chi connectivity index (χ0n) is 9.46. The molecule has 0 aliphatic carbocycles. The maximum Gasteiger partial charge on any atom is 0.267 e. The van der Waals surface area contributed by atoms with Crippen LogP contribution in [0.25, 0.3) is 0 Å². The average Bonchev–Trinajstić information content (AvgIpc) is 2.35. The Morgan fingerprint density at radius 1 is 1.18 bits per heavy atom. The quantitative estimate of drug-likeness (QED) is 0.747. The topological polar surface area (TPSA) is 52.0 Å². The molecule has 0 saturated heterocycles. The lowest BCUT2D eigenvalue weighted by Crippen LogP contribution is -2.26. The number of nitrogens with zero attached hydrogens (tertiary/aromatic N) is 2. The van der Waals surface area contributed by atoms with Gasteiger partial charge >= 0.3 is 0 Å². The van der Waals surface area contributed by atoms with Gasteiger partial charge in [0.1, 0.15) is 6.54 Å². The molecule has 1 aromatic heterocycles. The molecule has 0 fully saturated rings. The number of benzene rings is 1. The Kier molecular flexibility index (Phi) is 3.14. The van der Waals surface area contributed by atoms with Gasteiger partial charge in [-0.15, -0.1) is 0 Å². The van der Waals surface area contributed by atoms with Crippen molar-refractivity contribution in [2.24, 2.45) is 0 Å². The van der Waals surface area contributed by atoms with E-state index in [4.69, 9.17) is 0 Å². The van der Waals surface area contributed by atoms with Gasteiger partial charge in [0.15, 0.2) is 5.78 Å². The lowest BCUT2D eigenvalue weighted by Gasteiger charge is -2.04. The molecule has 0 aliphatic heterocycles. The summed E-state index contributed by atoms with van der Waals surface area (Å²) in [4.78, 5) is 23.4. The molecule has 0 N–H and O–H groups in total. The van der Waals surface area contributed by atoms with Gasteiger partial charge in [-0.1, -0.05) is 30.3 Å². The van der Waals surface area contributed by atoms with Gasteiger partial charge in [0, 0.05) is 11.6 Å². The predicted octanol–water partition coefficient (Wildman–Crippen LogP) is 1.43. The van der Waals surface area contributed by atoms with Gasteiger partial charge in [-0.3, -0.25) is 9.59 Å². The largest absolute Gasteiger partial charge is 0.292 e. The highest BCUT2D eigenvalue weighted by Crippen LogP contribution is 2.00. The van der Waals surface area contributed by atoms with E-state index in [1.807, 2.05) is 6.07 Å². The third kappa shape index (κ3) is 2.66. The van der Waals surface area contributed by atoms with Crippen LogP contribution in [0.4, 0.5) is 0 Å². The third-order valence-electron chi connectivity index (χ3n) is 2.39. The fourth-order valence-corrected chi connectivity index (χ4v) is 1.52. The Labute approximate surface area is 98.5 Å². The van der Waals surface area contributed by atoms with Crippen molar-refractivity contribution in [1.82, 2.24) is 9.78 Å². The SMILES string of the molecule is Cc1ccc(=O)n(CC(=O)c2ccccc2)n1. The van der Waals surface area contributed by atoms with E-state index in [-0.39, 0.29) is 17.9 Å². The van der Waals surface area contributed by atoms with Gasteiger partial charge in [-0.2, -0.15) is 5.10 Å². The van der Waals surface area contributed by atoms with E-state index < -0.39 is 0 Å². The van der Waals surface area contributed by atoms with Crippen LogP contribution in [0.3, 0.4) is 0 Å². The number of carbonyl (C=O) groups is 1. The van der Waals surface area contributed by atoms with Crippen LogP contribution in [0.5, 0.6) is 0 Å². The monoisotopic (exact) mass is 228 g/mol. The first-order chi connectivity index (χ1) is 8.16. The van der Waals surface area contributed by atoms with E-state index in [1.54, 1.807) is 37.3 Å². The predicted molar refractivity (Wildman–Crippen MR) is 64.0 cm³/mol. The van der Waals surface area contributed by atoms with Crippen LogP contribution < -0.4 is 5.56 Å². The summed E-state index contributed by atoms with van der Waals surface area (Å²) in [7, 11) is 0. The standard InChI is InChI=1S/C13H12N2O2/c1-10-7-8-13(17)15(14-10)9-12(16)11-5-3-2-4-6-11/h2-8H,9H2,1H3. The number of aromatic nitrogens is 2. The highest BCUT2D eigenvalue weighted by molar-refractivity contribution is 5.95. The van der Waals surface area contributed by atoms with E-state index >= 15 is 0 Å². The van der Waals surface area contributed by atoms with E-state index in [0.717, 1.165) is 0 Å². The fraction of sp³-hybridized carbons (Fsp3) is 0.154. The molecule has 0 unspecified atom stereocenters. The molecule has 86 valence electrons. The molecule has 0 amide bonds. The van der Waals surface area contributed by atoms with Gasteiger partial charge in [0.05, 0.1) is 5.69 Å². The molecule has 4 heteroatoms. The second kappa shape index (κ2) is 4.74. The van der Waals surface area contributed by atoms with Crippen LogP contribution in [0, 0.1) is 6.92 Å². The summed E-state index contributed by atoms with van der Waals surface area (Å²) in [6.45, 7) is 1.76. The summed E-state index contributed by atoms with van der Waals surface area (Å²) in [5, 5.41) is 4.02. The first-order valence-corrected chi connectivity index (χ1v) is 5.30. The second-order valence-electron chi connectivity index (χ2n) is 3.76. The molecule has 1 aromatic carbocycles. The molecule has 4 nitrogen and oxygen atoms in total. The fourth-order valence-electron chi connectivity index (χ4n) is 1.52. The van der Waals surface area contributed by atoms with Gasteiger partial charge in [0.2, 0.25) is 0 Å².